The molecular weight excluding hydrogens is 344 g/mol. The fourth-order valence-electron chi connectivity index (χ4n) is 3.37. The highest BCUT2D eigenvalue weighted by Crippen LogP contribution is 2.27. The number of nitrogens with zero attached hydrogens (tertiary/aromatic N) is 1. The molecule has 0 saturated heterocycles. The molecule has 0 saturated carbocycles. The van der Waals surface area contributed by atoms with Crippen LogP contribution in [0.4, 0.5) is 0 Å². The van der Waals surface area contributed by atoms with Crippen LogP contribution in [0.5, 0.6) is 0 Å². The average Bonchev–Trinajstić information content (AvgIpc) is 2.90. The molecule has 0 aromatic heterocycles. The van der Waals surface area contributed by atoms with Gasteiger partial charge in [-0.05, 0) is 44.4 Å². The van der Waals surface area contributed by atoms with Gasteiger partial charge in [-0.1, -0.05) is 19.1 Å². The van der Waals surface area contributed by atoms with Gasteiger partial charge in [0.1, 0.15) is 5.78 Å². The second-order valence-corrected chi connectivity index (χ2v) is 7.38. The minimum absolute atomic E-state index is 0.0641. The van der Waals surface area contributed by atoms with Gasteiger partial charge in [0.2, 0.25) is 5.91 Å². The van der Waals surface area contributed by atoms with Crippen LogP contribution in [0.3, 0.4) is 0 Å². The van der Waals surface area contributed by atoms with E-state index in [2.05, 4.69) is 5.32 Å². The number of Topliss-reactive ketones (excluding diaryl/α,β-unsaturated/α-hetero) is 2. The van der Waals surface area contributed by atoms with Crippen LogP contribution in [0.25, 0.3) is 0 Å². The van der Waals surface area contributed by atoms with Crippen molar-refractivity contribution in [1.82, 2.24) is 10.2 Å². The number of rotatable bonds is 9. The molecule has 1 atom stereocenters. The Morgan fingerprint density at radius 1 is 1.22 bits per heavy atom. The number of hydrogen-bond acceptors (Lipinski definition) is 4. The summed E-state index contributed by atoms with van der Waals surface area (Å²) in [7, 11) is 0. The van der Waals surface area contributed by atoms with Crippen LogP contribution in [0.2, 0.25) is 0 Å². The summed E-state index contributed by atoms with van der Waals surface area (Å²) in [5, 5.41) is 2.85. The number of hydrogen-bond donors (Lipinski definition) is 1. The lowest BCUT2D eigenvalue weighted by Crippen LogP contribution is -2.40. The lowest BCUT2D eigenvalue weighted by Gasteiger charge is -2.25. The molecule has 0 radical (unpaired) electrons. The molecule has 1 N–H and O–H groups in total. The van der Waals surface area contributed by atoms with Crippen molar-refractivity contribution in [2.75, 3.05) is 0 Å². The molecule has 0 aliphatic carbocycles. The normalized spacial score (nSPS) is 14.3. The quantitative estimate of drug-likeness (QED) is 0.722. The summed E-state index contributed by atoms with van der Waals surface area (Å²) in [5.74, 6) is -0.279. The van der Waals surface area contributed by atoms with Crippen molar-refractivity contribution < 1.29 is 19.2 Å². The van der Waals surface area contributed by atoms with Crippen LogP contribution >= 0.6 is 0 Å². The van der Waals surface area contributed by atoms with Crippen LogP contribution in [0, 0.1) is 0 Å². The van der Waals surface area contributed by atoms with Gasteiger partial charge in [0, 0.05) is 31.0 Å². The zero-order valence-corrected chi connectivity index (χ0v) is 16.5. The first kappa shape index (κ1) is 20.8. The third kappa shape index (κ3) is 5.25. The van der Waals surface area contributed by atoms with Crippen LogP contribution in [-0.4, -0.2) is 40.4 Å². The van der Waals surface area contributed by atoms with E-state index in [1.807, 2.05) is 19.9 Å². The van der Waals surface area contributed by atoms with E-state index in [9.17, 15) is 19.2 Å². The molecule has 0 bridgehead atoms. The summed E-state index contributed by atoms with van der Waals surface area (Å²) in [6.45, 7) is 7.39. The maximum Gasteiger partial charge on any atom is 0.255 e. The van der Waals surface area contributed by atoms with Crippen LogP contribution < -0.4 is 5.32 Å². The first-order chi connectivity index (χ1) is 12.7. The van der Waals surface area contributed by atoms with E-state index in [0.717, 1.165) is 11.1 Å². The molecule has 146 valence electrons. The molecule has 1 aromatic carbocycles. The van der Waals surface area contributed by atoms with E-state index in [1.165, 1.54) is 6.92 Å². The molecule has 1 unspecified atom stereocenters. The maximum atomic E-state index is 12.7. The number of carbonyl (C=O) groups excluding carboxylic acids is 4. The molecule has 1 aromatic rings. The fraction of sp³-hybridized carbons (Fsp3) is 0.524. The molecule has 6 heteroatoms. The summed E-state index contributed by atoms with van der Waals surface area (Å²) < 4.78 is 0. The van der Waals surface area contributed by atoms with Crippen LogP contribution in [0.1, 0.15) is 68.4 Å². The van der Waals surface area contributed by atoms with E-state index in [-0.39, 0.29) is 35.8 Å². The van der Waals surface area contributed by atoms with Gasteiger partial charge in [0.15, 0.2) is 5.78 Å². The Labute approximate surface area is 160 Å². The van der Waals surface area contributed by atoms with E-state index in [0.29, 0.717) is 31.4 Å². The predicted octanol–water partition coefficient (Wildman–Crippen LogP) is 2.43. The highest BCUT2D eigenvalue weighted by molar-refractivity contribution is 6.01. The standard InChI is InChI=1S/C21H28N2O4/c1-5-17(25)7-9-19(14(4)24)23-12-16-10-15(6-8-18(16)21(23)27)11-20(26)22-13(2)3/h6,8,10,13,19H,5,7,9,11-12H2,1-4H3,(H,22,26). The molecular formula is C21H28N2O4. The third-order valence-corrected chi connectivity index (χ3v) is 4.75. The number of amides is 2. The topological polar surface area (TPSA) is 83.6 Å². The number of ketones is 2. The second kappa shape index (κ2) is 8.93. The van der Waals surface area contributed by atoms with Crippen LogP contribution in [-0.2, 0) is 27.3 Å². The van der Waals surface area contributed by atoms with Gasteiger partial charge in [-0.3, -0.25) is 19.2 Å². The lowest BCUT2D eigenvalue weighted by molar-refractivity contribution is -0.123. The van der Waals surface area contributed by atoms with Gasteiger partial charge < -0.3 is 10.2 Å². The zero-order valence-electron chi connectivity index (χ0n) is 16.5. The number of carbonyl (C=O) groups is 4. The van der Waals surface area contributed by atoms with Gasteiger partial charge in [0.05, 0.1) is 12.5 Å². The molecule has 6 nitrogen and oxygen atoms in total. The van der Waals surface area contributed by atoms with Crippen molar-refractivity contribution in [3.63, 3.8) is 0 Å². The molecule has 1 heterocycles. The van der Waals surface area contributed by atoms with Crippen molar-refractivity contribution in [1.29, 1.82) is 0 Å². The largest absolute Gasteiger partial charge is 0.354 e. The Bertz CT molecular complexity index is 755. The monoisotopic (exact) mass is 372 g/mol. The summed E-state index contributed by atoms with van der Waals surface area (Å²) >= 11 is 0. The Morgan fingerprint density at radius 2 is 1.93 bits per heavy atom. The Balaban J connectivity index is 2.13. The minimum Gasteiger partial charge on any atom is -0.354 e. The minimum atomic E-state index is -0.590. The third-order valence-electron chi connectivity index (χ3n) is 4.75. The predicted molar refractivity (Wildman–Crippen MR) is 102 cm³/mol. The van der Waals surface area contributed by atoms with Gasteiger partial charge >= 0.3 is 0 Å². The molecule has 1 aliphatic heterocycles. The number of nitrogens with one attached hydrogen (secondary N) is 1. The fourth-order valence-corrected chi connectivity index (χ4v) is 3.37. The van der Waals surface area contributed by atoms with Gasteiger partial charge in [-0.2, -0.15) is 0 Å². The van der Waals surface area contributed by atoms with Crippen molar-refractivity contribution >= 4 is 23.4 Å². The van der Waals surface area contributed by atoms with Crippen molar-refractivity contribution in [2.24, 2.45) is 0 Å². The Kier molecular flexibility index (Phi) is 6.88. The number of benzene rings is 1. The zero-order chi connectivity index (χ0) is 20.1. The molecule has 2 rings (SSSR count). The van der Waals surface area contributed by atoms with Crippen LogP contribution in [0.15, 0.2) is 18.2 Å². The average molecular weight is 372 g/mol. The summed E-state index contributed by atoms with van der Waals surface area (Å²) in [5.41, 5.74) is 2.22. The lowest BCUT2D eigenvalue weighted by atomic mass is 10.0. The van der Waals surface area contributed by atoms with Gasteiger partial charge in [0.25, 0.3) is 5.91 Å². The maximum absolute atomic E-state index is 12.7. The molecule has 1 aliphatic rings. The molecule has 27 heavy (non-hydrogen) atoms. The van der Waals surface area contributed by atoms with Gasteiger partial charge in [-0.25, -0.2) is 0 Å². The number of fused-ring (bicyclic) bond motifs is 1. The molecule has 0 spiro atoms. The van der Waals surface area contributed by atoms with Crippen molar-refractivity contribution in [2.45, 2.75) is 72.0 Å². The summed E-state index contributed by atoms with van der Waals surface area (Å²) in [6, 6.07) is 4.86. The molecule has 0 fully saturated rings. The highest BCUT2D eigenvalue weighted by Gasteiger charge is 2.35. The van der Waals surface area contributed by atoms with E-state index in [4.69, 9.17) is 0 Å². The van der Waals surface area contributed by atoms with Crippen molar-refractivity contribution in [3.8, 4) is 0 Å². The SMILES string of the molecule is CCC(=O)CCC(C(C)=O)N1Cc2cc(CC(=O)NC(C)C)ccc2C1=O. The van der Waals surface area contributed by atoms with E-state index >= 15 is 0 Å². The van der Waals surface area contributed by atoms with Gasteiger partial charge in [-0.15, -0.1) is 0 Å². The van der Waals surface area contributed by atoms with Crippen molar-refractivity contribution in [3.05, 3.63) is 34.9 Å². The smallest absolute Gasteiger partial charge is 0.255 e. The molecule has 2 amide bonds. The summed E-state index contributed by atoms with van der Waals surface area (Å²) in [6.07, 6.45) is 1.33. The Morgan fingerprint density at radius 3 is 2.52 bits per heavy atom. The first-order valence-corrected chi connectivity index (χ1v) is 9.47. The highest BCUT2D eigenvalue weighted by atomic mass is 16.2. The first-order valence-electron chi connectivity index (χ1n) is 9.47. The van der Waals surface area contributed by atoms with E-state index < -0.39 is 6.04 Å². The van der Waals surface area contributed by atoms with E-state index in [1.54, 1.807) is 24.0 Å². The Hall–Kier alpha value is -2.50. The summed E-state index contributed by atoms with van der Waals surface area (Å²) in [4.78, 5) is 50.0. The second-order valence-electron chi connectivity index (χ2n) is 7.38.